The average Bonchev–Trinajstić information content (AvgIpc) is 2.68. The summed E-state index contributed by atoms with van der Waals surface area (Å²) in [7, 11) is -4.64. The Morgan fingerprint density at radius 1 is 1.17 bits per heavy atom. The van der Waals surface area contributed by atoms with Crippen LogP contribution in [-0.4, -0.2) is 16.6 Å². The van der Waals surface area contributed by atoms with Gasteiger partial charge in [-0.1, -0.05) is 68.1 Å². The fraction of sp³-hybridized carbons (Fsp3) is 0.429. The third-order valence-electron chi connectivity index (χ3n) is 4.88. The van der Waals surface area contributed by atoms with E-state index in [0.717, 1.165) is 10.6 Å². The van der Waals surface area contributed by atoms with Gasteiger partial charge < -0.3 is 19.4 Å². The van der Waals surface area contributed by atoms with Crippen molar-refractivity contribution < 1.29 is 53.5 Å². The van der Waals surface area contributed by atoms with Gasteiger partial charge in [0.1, 0.15) is 5.75 Å². The normalized spacial score (nSPS) is 17.1. The number of aliphatic hydroxyl groups excluding tert-OH is 1. The number of rotatable bonds is 5. The molecule has 29 heavy (non-hydrogen) atoms. The van der Waals surface area contributed by atoms with E-state index >= 15 is 0 Å². The van der Waals surface area contributed by atoms with Gasteiger partial charge in [0, 0.05) is 17.5 Å². The second-order valence-corrected chi connectivity index (χ2v) is 8.60. The van der Waals surface area contributed by atoms with Gasteiger partial charge in [-0.05, 0) is 48.1 Å². The van der Waals surface area contributed by atoms with E-state index in [1.54, 1.807) is 18.2 Å². The van der Waals surface area contributed by atoms with Crippen molar-refractivity contribution in [1.29, 1.82) is 0 Å². The molecule has 2 atom stereocenters. The van der Waals surface area contributed by atoms with Crippen LogP contribution < -0.4 is 39.0 Å². The minimum Gasteiger partial charge on any atom is -0.746 e. The molecule has 0 aliphatic heterocycles. The van der Waals surface area contributed by atoms with Crippen LogP contribution in [0.15, 0.2) is 48.5 Å². The van der Waals surface area contributed by atoms with Gasteiger partial charge in [-0.25, -0.2) is 0 Å². The van der Waals surface area contributed by atoms with Crippen LogP contribution in [0.1, 0.15) is 62.0 Å². The molecule has 3 rings (SSSR count). The van der Waals surface area contributed by atoms with Crippen LogP contribution in [0.2, 0.25) is 5.02 Å². The summed E-state index contributed by atoms with van der Waals surface area (Å²) in [6.07, 6.45) is 6.57. The van der Waals surface area contributed by atoms with Crippen molar-refractivity contribution in [3.05, 3.63) is 64.7 Å². The van der Waals surface area contributed by atoms with Gasteiger partial charge in [0.2, 0.25) is 0 Å². The number of halogens is 1. The zero-order chi connectivity index (χ0) is 20.6. The van der Waals surface area contributed by atoms with Crippen molar-refractivity contribution in [2.45, 2.75) is 50.9 Å². The third-order valence-corrected chi connectivity index (χ3v) is 5.65. The fourth-order valence-corrected chi connectivity index (χ4v) is 4.05. The topological polar surface area (TPSA) is 89.8 Å². The molecule has 2 aromatic carbocycles. The van der Waals surface area contributed by atoms with Crippen molar-refractivity contribution >= 4 is 19.4 Å². The molecule has 2 N–H and O–H groups in total. The molecule has 1 saturated carbocycles. The Kier molecular flexibility index (Phi) is 12.1. The summed E-state index contributed by atoms with van der Waals surface area (Å²) in [6.45, 7) is 2.20. The zero-order valence-electron chi connectivity index (χ0n) is 17.0. The standard InChI is InChI=1S/C15H21ClO.C6H7O4P.Na/c1-11(10-17)13-7-8-14(15(16)9-13)12-5-3-2-4-6-12;7-11(8,9)10-6-4-2-1-3-5-6;/h7-9,11-12,17H,2-6,10H2,1H3;1-5H,(H2,7,8,9);/q;;+1/p-1. The Morgan fingerprint density at radius 2 is 1.79 bits per heavy atom. The molecule has 2 unspecified atom stereocenters. The summed E-state index contributed by atoms with van der Waals surface area (Å²) in [5.41, 5.74) is 2.44. The summed E-state index contributed by atoms with van der Waals surface area (Å²) in [6, 6.07) is 14.1. The first-order valence-corrected chi connectivity index (χ1v) is 11.4. The van der Waals surface area contributed by atoms with Gasteiger partial charge >= 0.3 is 37.4 Å². The second kappa shape index (κ2) is 13.1. The van der Waals surface area contributed by atoms with E-state index in [4.69, 9.17) is 21.6 Å². The molecule has 1 aliphatic carbocycles. The van der Waals surface area contributed by atoms with Crippen LogP contribution in [-0.2, 0) is 4.57 Å². The monoisotopic (exact) mass is 448 g/mol. The van der Waals surface area contributed by atoms with E-state index in [1.807, 2.05) is 13.0 Å². The molecule has 0 bridgehead atoms. The quantitative estimate of drug-likeness (QED) is 0.539. The third kappa shape index (κ3) is 9.54. The molecule has 1 fully saturated rings. The molecule has 2 aromatic rings. The van der Waals surface area contributed by atoms with Crippen molar-refractivity contribution in [1.82, 2.24) is 0 Å². The Hall–Kier alpha value is -0.360. The molecule has 8 heteroatoms. The Bertz CT molecular complexity index is 778. The predicted molar refractivity (Wildman–Crippen MR) is 110 cm³/mol. The number of phosphoric ester groups is 1. The summed E-state index contributed by atoms with van der Waals surface area (Å²) in [4.78, 5) is 18.4. The first-order valence-electron chi connectivity index (χ1n) is 9.49. The molecule has 0 saturated heterocycles. The first-order chi connectivity index (χ1) is 13.3. The SMILES string of the molecule is CC(CO)c1ccc(C2CCCCC2)c(Cl)c1.O=P([O-])(O)Oc1ccccc1.[Na+]. The summed E-state index contributed by atoms with van der Waals surface area (Å²) in [5, 5.41) is 10.0. The van der Waals surface area contributed by atoms with E-state index in [9.17, 15) is 9.46 Å². The van der Waals surface area contributed by atoms with E-state index in [-0.39, 0.29) is 47.8 Å². The van der Waals surface area contributed by atoms with Crippen LogP contribution in [0.25, 0.3) is 0 Å². The Labute approximate surface area is 200 Å². The Morgan fingerprint density at radius 3 is 2.31 bits per heavy atom. The molecule has 154 valence electrons. The molecule has 0 spiro atoms. The molecule has 0 radical (unpaired) electrons. The minimum atomic E-state index is -4.64. The van der Waals surface area contributed by atoms with E-state index < -0.39 is 7.82 Å². The van der Waals surface area contributed by atoms with E-state index in [1.165, 1.54) is 49.8 Å². The molecule has 5 nitrogen and oxygen atoms in total. The molecular weight excluding hydrogens is 422 g/mol. The maximum Gasteiger partial charge on any atom is 1.00 e. The van der Waals surface area contributed by atoms with Gasteiger partial charge in [-0.15, -0.1) is 0 Å². The number of hydrogen-bond donors (Lipinski definition) is 2. The van der Waals surface area contributed by atoms with Crippen LogP contribution in [0.4, 0.5) is 0 Å². The minimum absolute atomic E-state index is 0. The largest absolute Gasteiger partial charge is 1.00 e. The van der Waals surface area contributed by atoms with Crippen LogP contribution in [0, 0.1) is 0 Å². The van der Waals surface area contributed by atoms with Gasteiger partial charge in [-0.2, -0.15) is 0 Å². The van der Waals surface area contributed by atoms with Gasteiger partial charge in [0.25, 0.3) is 0 Å². The van der Waals surface area contributed by atoms with E-state index in [2.05, 4.69) is 16.7 Å². The van der Waals surface area contributed by atoms with Crippen molar-refractivity contribution in [3.8, 4) is 5.75 Å². The smallest absolute Gasteiger partial charge is 0.746 e. The van der Waals surface area contributed by atoms with Crippen molar-refractivity contribution in [2.75, 3.05) is 6.61 Å². The van der Waals surface area contributed by atoms with Gasteiger partial charge in [0.15, 0.2) is 0 Å². The molecule has 0 amide bonds. The second-order valence-electron chi connectivity index (χ2n) is 7.07. The molecular formula is C21H27ClNaO5P. The predicted octanol–water partition coefficient (Wildman–Crippen LogP) is 2.01. The summed E-state index contributed by atoms with van der Waals surface area (Å²) >= 11 is 6.38. The fourth-order valence-electron chi connectivity index (χ4n) is 3.31. The number of para-hydroxylation sites is 1. The number of hydrogen-bond acceptors (Lipinski definition) is 4. The van der Waals surface area contributed by atoms with Crippen molar-refractivity contribution in [2.24, 2.45) is 0 Å². The summed E-state index contributed by atoms with van der Waals surface area (Å²) in [5.74, 6) is 0.927. The summed E-state index contributed by atoms with van der Waals surface area (Å²) < 4.78 is 14.3. The van der Waals surface area contributed by atoms with Gasteiger partial charge in [-0.3, -0.25) is 4.57 Å². The number of phosphoric acid groups is 1. The number of benzene rings is 2. The van der Waals surface area contributed by atoms with Crippen molar-refractivity contribution in [3.63, 3.8) is 0 Å². The Balaban J connectivity index is 0.000000306. The van der Waals surface area contributed by atoms with Crippen LogP contribution in [0.3, 0.4) is 0 Å². The van der Waals surface area contributed by atoms with E-state index in [0.29, 0.717) is 5.92 Å². The molecule has 0 heterocycles. The number of aliphatic hydroxyl groups is 1. The average molecular weight is 449 g/mol. The maximum atomic E-state index is 10.2. The maximum absolute atomic E-state index is 10.2. The molecule has 0 aromatic heterocycles. The van der Waals surface area contributed by atoms with Gasteiger partial charge in [0.05, 0.1) is 0 Å². The van der Waals surface area contributed by atoms with Crippen LogP contribution >= 0.6 is 19.4 Å². The van der Waals surface area contributed by atoms with Crippen LogP contribution in [0.5, 0.6) is 5.75 Å². The molecule has 1 aliphatic rings. The first kappa shape index (κ1) is 26.7. The zero-order valence-corrected chi connectivity index (χ0v) is 20.6.